The highest BCUT2D eigenvalue weighted by Gasteiger charge is 2.23. The van der Waals surface area contributed by atoms with E-state index in [2.05, 4.69) is 10.2 Å². The van der Waals surface area contributed by atoms with E-state index in [-0.39, 0.29) is 17.3 Å². The molecular formula is C20H25N3O3S2. The van der Waals surface area contributed by atoms with E-state index in [1.807, 2.05) is 30.5 Å². The summed E-state index contributed by atoms with van der Waals surface area (Å²) in [5.74, 6) is -0.374. The van der Waals surface area contributed by atoms with E-state index in [1.165, 1.54) is 19.9 Å². The van der Waals surface area contributed by atoms with Crippen LogP contribution in [0.25, 0.3) is 0 Å². The first-order valence-electron chi connectivity index (χ1n) is 9.15. The Bertz CT molecular complexity index is 907. The predicted molar refractivity (Wildman–Crippen MR) is 115 cm³/mol. The van der Waals surface area contributed by atoms with Gasteiger partial charge in [0.2, 0.25) is 15.9 Å². The van der Waals surface area contributed by atoms with Crippen molar-refractivity contribution in [2.75, 3.05) is 43.2 Å². The van der Waals surface area contributed by atoms with Crippen LogP contribution >= 0.6 is 11.8 Å². The molecule has 0 aromatic heterocycles. The molecule has 1 saturated heterocycles. The molecule has 6 nitrogen and oxygen atoms in total. The molecule has 3 rings (SSSR count). The van der Waals surface area contributed by atoms with Crippen molar-refractivity contribution in [1.29, 1.82) is 0 Å². The zero-order valence-electron chi connectivity index (χ0n) is 16.1. The number of hydrogen-bond donors (Lipinski definition) is 1. The van der Waals surface area contributed by atoms with Gasteiger partial charge in [-0.3, -0.25) is 4.79 Å². The second-order valence-corrected chi connectivity index (χ2v) is 9.65. The fourth-order valence-corrected chi connectivity index (χ4v) is 4.68. The number of likely N-dealkylation sites (N-methyl/N-ethyl adjacent to an activating group) is 1. The Morgan fingerprint density at radius 2 is 1.68 bits per heavy atom. The molecule has 0 aliphatic carbocycles. The van der Waals surface area contributed by atoms with Gasteiger partial charge in [0.1, 0.15) is 0 Å². The topological polar surface area (TPSA) is 69.7 Å². The van der Waals surface area contributed by atoms with Gasteiger partial charge in [-0.15, -0.1) is 11.8 Å². The molecule has 150 valence electrons. The van der Waals surface area contributed by atoms with Crippen molar-refractivity contribution in [2.24, 2.45) is 0 Å². The highest BCUT2D eigenvalue weighted by atomic mass is 32.2. The minimum absolute atomic E-state index is 0.176. The van der Waals surface area contributed by atoms with Gasteiger partial charge in [-0.25, -0.2) is 8.42 Å². The van der Waals surface area contributed by atoms with E-state index in [1.54, 1.807) is 36.0 Å². The number of nitrogens with zero attached hydrogens (tertiary/aromatic N) is 2. The molecule has 1 aliphatic heterocycles. The van der Waals surface area contributed by atoms with Crippen LogP contribution < -0.4 is 10.2 Å². The third kappa shape index (κ3) is 4.87. The Balaban J connectivity index is 1.60. The van der Waals surface area contributed by atoms with Gasteiger partial charge in [-0.05, 0) is 67.6 Å². The van der Waals surface area contributed by atoms with E-state index in [0.717, 1.165) is 28.0 Å². The molecule has 0 unspecified atom stereocenters. The molecule has 0 saturated carbocycles. The maximum atomic E-state index is 12.6. The number of thioether (sulfide) groups is 1. The number of amides is 1. The van der Waals surface area contributed by atoms with Crippen LogP contribution in [0.3, 0.4) is 0 Å². The van der Waals surface area contributed by atoms with Crippen molar-refractivity contribution in [3.63, 3.8) is 0 Å². The molecule has 1 heterocycles. The van der Waals surface area contributed by atoms with E-state index >= 15 is 0 Å². The molecule has 1 N–H and O–H groups in total. The lowest BCUT2D eigenvalue weighted by atomic mass is 10.2. The first-order valence-corrected chi connectivity index (χ1v) is 11.8. The lowest BCUT2D eigenvalue weighted by Gasteiger charge is -2.19. The van der Waals surface area contributed by atoms with Crippen LogP contribution in [0.5, 0.6) is 0 Å². The van der Waals surface area contributed by atoms with Crippen molar-refractivity contribution < 1.29 is 13.2 Å². The molecule has 1 aliphatic rings. The lowest BCUT2D eigenvalue weighted by Crippen LogP contribution is -2.34. The standard InChI is InChI=1S/C20H25N3O3S2/c1-22(28(25,26)19-11-9-18(27-2)10-12-19)15-20(24)21-16-5-7-17(8-6-16)23-13-3-4-14-23/h5-12H,3-4,13-15H2,1-2H3,(H,21,24). The van der Waals surface area contributed by atoms with Crippen LogP contribution in [-0.2, 0) is 14.8 Å². The molecule has 2 aromatic rings. The third-order valence-electron chi connectivity index (χ3n) is 4.76. The Morgan fingerprint density at radius 1 is 1.07 bits per heavy atom. The van der Waals surface area contributed by atoms with Gasteiger partial charge in [0.05, 0.1) is 11.4 Å². The number of carbonyl (C=O) groups excluding carboxylic acids is 1. The quantitative estimate of drug-likeness (QED) is 0.698. The SMILES string of the molecule is CSc1ccc(S(=O)(=O)N(C)CC(=O)Nc2ccc(N3CCCC3)cc2)cc1. The molecule has 28 heavy (non-hydrogen) atoms. The van der Waals surface area contributed by atoms with Gasteiger partial charge < -0.3 is 10.2 Å². The van der Waals surface area contributed by atoms with Crippen LogP contribution in [0.15, 0.2) is 58.3 Å². The summed E-state index contributed by atoms with van der Waals surface area (Å²) in [5, 5.41) is 2.77. The normalized spacial score (nSPS) is 14.5. The monoisotopic (exact) mass is 419 g/mol. The van der Waals surface area contributed by atoms with Crippen LogP contribution in [0.1, 0.15) is 12.8 Å². The predicted octanol–water partition coefficient (Wildman–Crippen LogP) is 3.27. The van der Waals surface area contributed by atoms with Crippen LogP contribution in [0, 0.1) is 0 Å². The van der Waals surface area contributed by atoms with Gasteiger partial charge in [-0.1, -0.05) is 0 Å². The molecule has 0 radical (unpaired) electrons. The Labute approximate surface area is 171 Å². The highest BCUT2D eigenvalue weighted by Crippen LogP contribution is 2.22. The second-order valence-electron chi connectivity index (χ2n) is 6.73. The Hall–Kier alpha value is -2.03. The zero-order chi connectivity index (χ0) is 20.1. The summed E-state index contributed by atoms with van der Waals surface area (Å²) in [4.78, 5) is 15.8. The molecule has 2 aromatic carbocycles. The van der Waals surface area contributed by atoms with Crippen molar-refractivity contribution in [1.82, 2.24) is 4.31 Å². The summed E-state index contributed by atoms with van der Waals surface area (Å²) < 4.78 is 26.4. The van der Waals surface area contributed by atoms with E-state index < -0.39 is 10.0 Å². The van der Waals surface area contributed by atoms with Crippen molar-refractivity contribution in [3.05, 3.63) is 48.5 Å². The summed E-state index contributed by atoms with van der Waals surface area (Å²) in [7, 11) is -2.30. The molecule has 8 heteroatoms. The number of anilines is 2. The molecule has 1 amide bonds. The number of hydrogen-bond acceptors (Lipinski definition) is 5. The fourth-order valence-electron chi connectivity index (χ4n) is 3.15. The van der Waals surface area contributed by atoms with E-state index in [4.69, 9.17) is 0 Å². The first kappa shape index (κ1) is 20.7. The highest BCUT2D eigenvalue weighted by molar-refractivity contribution is 7.98. The van der Waals surface area contributed by atoms with Crippen molar-refractivity contribution in [3.8, 4) is 0 Å². The maximum Gasteiger partial charge on any atom is 0.243 e. The number of nitrogens with one attached hydrogen (secondary N) is 1. The van der Waals surface area contributed by atoms with Crippen molar-refractivity contribution >= 4 is 39.1 Å². The van der Waals surface area contributed by atoms with Crippen molar-refractivity contribution in [2.45, 2.75) is 22.6 Å². The zero-order valence-corrected chi connectivity index (χ0v) is 17.7. The average Bonchev–Trinajstić information content (AvgIpc) is 3.23. The summed E-state index contributed by atoms with van der Waals surface area (Å²) in [6.45, 7) is 1.87. The molecule has 0 atom stereocenters. The average molecular weight is 420 g/mol. The van der Waals surface area contributed by atoms with Crippen LogP contribution in [-0.4, -0.2) is 51.6 Å². The van der Waals surface area contributed by atoms with Gasteiger partial charge in [0, 0.05) is 36.4 Å². The Morgan fingerprint density at radius 3 is 2.25 bits per heavy atom. The number of rotatable bonds is 7. The smallest absolute Gasteiger partial charge is 0.243 e. The van der Waals surface area contributed by atoms with Crippen LogP contribution in [0.2, 0.25) is 0 Å². The van der Waals surface area contributed by atoms with E-state index in [0.29, 0.717) is 5.69 Å². The van der Waals surface area contributed by atoms with E-state index in [9.17, 15) is 13.2 Å². The minimum Gasteiger partial charge on any atom is -0.372 e. The summed E-state index contributed by atoms with van der Waals surface area (Å²) >= 11 is 1.54. The lowest BCUT2D eigenvalue weighted by molar-refractivity contribution is -0.116. The van der Waals surface area contributed by atoms with Gasteiger partial charge >= 0.3 is 0 Å². The summed E-state index contributed by atoms with van der Waals surface area (Å²) in [5.41, 5.74) is 1.80. The van der Waals surface area contributed by atoms with Gasteiger partial charge in [-0.2, -0.15) is 4.31 Å². The molecule has 0 bridgehead atoms. The fraction of sp³-hybridized carbons (Fsp3) is 0.350. The first-order chi connectivity index (χ1) is 13.4. The minimum atomic E-state index is -3.71. The molecular weight excluding hydrogens is 394 g/mol. The largest absolute Gasteiger partial charge is 0.372 e. The van der Waals surface area contributed by atoms with Crippen LogP contribution in [0.4, 0.5) is 11.4 Å². The summed E-state index contributed by atoms with van der Waals surface area (Å²) in [6.07, 6.45) is 4.34. The Kier molecular flexibility index (Phi) is 6.64. The second kappa shape index (κ2) is 8.98. The number of benzene rings is 2. The number of carbonyl (C=O) groups is 1. The third-order valence-corrected chi connectivity index (χ3v) is 7.32. The molecule has 1 fully saturated rings. The molecule has 0 spiro atoms. The number of sulfonamides is 1. The van der Waals surface area contributed by atoms with Gasteiger partial charge in [0.25, 0.3) is 0 Å². The maximum absolute atomic E-state index is 12.6. The summed E-state index contributed by atoms with van der Waals surface area (Å²) in [6, 6.07) is 14.3. The van der Waals surface area contributed by atoms with Gasteiger partial charge in [0.15, 0.2) is 0 Å².